The zero-order chi connectivity index (χ0) is 20.1. The van der Waals surface area contributed by atoms with Crippen LogP contribution in [0.5, 0.6) is 0 Å². The van der Waals surface area contributed by atoms with Gasteiger partial charge in [-0.1, -0.05) is 45.9 Å². The molecule has 0 atom stereocenters. The highest BCUT2D eigenvalue weighted by Crippen LogP contribution is 2.32. The van der Waals surface area contributed by atoms with Crippen molar-refractivity contribution in [3.63, 3.8) is 0 Å². The summed E-state index contributed by atoms with van der Waals surface area (Å²) >= 11 is 0. The van der Waals surface area contributed by atoms with Gasteiger partial charge in [0.05, 0.1) is 0 Å². The summed E-state index contributed by atoms with van der Waals surface area (Å²) in [7, 11) is 0. The summed E-state index contributed by atoms with van der Waals surface area (Å²) in [6.45, 7) is 12.2. The molecule has 0 unspecified atom stereocenters. The average Bonchev–Trinajstić information content (AvgIpc) is 2.61. The lowest BCUT2D eigenvalue weighted by atomic mass is 9.92. The van der Waals surface area contributed by atoms with E-state index in [0.29, 0.717) is 5.56 Å². The molecule has 27 heavy (non-hydrogen) atoms. The van der Waals surface area contributed by atoms with Gasteiger partial charge in [-0.25, -0.2) is 0 Å². The summed E-state index contributed by atoms with van der Waals surface area (Å²) < 4.78 is 0. The van der Waals surface area contributed by atoms with E-state index in [0.717, 1.165) is 16.8 Å². The number of hydrogen-bond acceptors (Lipinski definition) is 3. The van der Waals surface area contributed by atoms with Crippen molar-refractivity contribution < 1.29 is 9.59 Å². The van der Waals surface area contributed by atoms with Gasteiger partial charge in [-0.15, -0.1) is 0 Å². The van der Waals surface area contributed by atoms with Crippen molar-refractivity contribution in [2.24, 2.45) is 0 Å². The van der Waals surface area contributed by atoms with Gasteiger partial charge < -0.3 is 10.6 Å². The fraction of sp³-hybridized carbons (Fsp3) is 0.409. The van der Waals surface area contributed by atoms with E-state index >= 15 is 0 Å². The summed E-state index contributed by atoms with van der Waals surface area (Å²) in [6, 6.07) is 9.26. The van der Waals surface area contributed by atoms with Crippen molar-refractivity contribution in [2.45, 2.75) is 59.4 Å². The normalized spacial score (nSPS) is 11.1. The first kappa shape index (κ1) is 20.6. The molecule has 1 aromatic heterocycles. The standard InChI is InChI=1S/C22H29N3O2/c1-13(2)17-8-7-9-18(14(3)4)20(17)25-21(26)16-10-11-23-19(12-16)22(27)24-15(5)6/h7-15H,1-6H3,(H,24,27)(H,25,26). The number of benzene rings is 1. The number of anilines is 1. The van der Waals surface area contributed by atoms with Gasteiger partial charge >= 0.3 is 0 Å². The van der Waals surface area contributed by atoms with Crippen LogP contribution < -0.4 is 10.6 Å². The Labute approximate surface area is 161 Å². The number of amides is 2. The van der Waals surface area contributed by atoms with Crippen LogP contribution in [0.25, 0.3) is 0 Å². The van der Waals surface area contributed by atoms with Gasteiger partial charge in [0.25, 0.3) is 11.8 Å². The summed E-state index contributed by atoms with van der Waals surface area (Å²) in [5, 5.41) is 5.86. The number of nitrogens with one attached hydrogen (secondary N) is 2. The molecule has 0 fully saturated rings. The number of nitrogens with zero attached hydrogens (tertiary/aromatic N) is 1. The molecule has 0 aliphatic carbocycles. The lowest BCUT2D eigenvalue weighted by Gasteiger charge is -2.20. The second-order valence-corrected chi connectivity index (χ2v) is 7.63. The molecule has 0 aliphatic rings. The quantitative estimate of drug-likeness (QED) is 0.776. The second-order valence-electron chi connectivity index (χ2n) is 7.63. The van der Waals surface area contributed by atoms with Gasteiger partial charge in [-0.05, 0) is 48.9 Å². The molecule has 0 radical (unpaired) electrons. The van der Waals surface area contributed by atoms with E-state index in [-0.39, 0.29) is 35.4 Å². The number of pyridine rings is 1. The average molecular weight is 367 g/mol. The smallest absolute Gasteiger partial charge is 0.270 e. The zero-order valence-corrected chi connectivity index (χ0v) is 17.0. The van der Waals surface area contributed by atoms with Crippen molar-refractivity contribution >= 4 is 17.5 Å². The van der Waals surface area contributed by atoms with E-state index in [1.165, 1.54) is 12.3 Å². The number of carbonyl (C=O) groups excluding carboxylic acids is 2. The summed E-state index contributed by atoms with van der Waals surface area (Å²) in [5.74, 6) is 0.0312. The van der Waals surface area contributed by atoms with E-state index in [4.69, 9.17) is 0 Å². The fourth-order valence-corrected chi connectivity index (χ4v) is 2.91. The van der Waals surface area contributed by atoms with Crippen molar-refractivity contribution in [1.29, 1.82) is 0 Å². The monoisotopic (exact) mass is 367 g/mol. The highest BCUT2D eigenvalue weighted by Gasteiger charge is 2.18. The van der Waals surface area contributed by atoms with Gasteiger partial charge in [0, 0.05) is 23.5 Å². The third kappa shape index (κ3) is 5.16. The van der Waals surface area contributed by atoms with Crippen molar-refractivity contribution in [3.8, 4) is 0 Å². The predicted octanol–water partition coefficient (Wildman–Crippen LogP) is 4.72. The zero-order valence-electron chi connectivity index (χ0n) is 17.0. The highest BCUT2D eigenvalue weighted by molar-refractivity contribution is 6.06. The molecule has 0 aliphatic heterocycles. The van der Waals surface area contributed by atoms with E-state index in [1.807, 2.05) is 32.0 Å². The Morgan fingerprint density at radius 3 is 2.00 bits per heavy atom. The summed E-state index contributed by atoms with van der Waals surface area (Å²) in [6.07, 6.45) is 1.49. The first-order valence-corrected chi connectivity index (χ1v) is 9.41. The Bertz CT molecular complexity index is 800. The lowest BCUT2D eigenvalue weighted by Crippen LogP contribution is -2.31. The van der Waals surface area contributed by atoms with Gasteiger partial charge in [-0.3, -0.25) is 14.6 Å². The minimum absolute atomic E-state index is 0.00306. The maximum atomic E-state index is 12.9. The number of para-hydroxylation sites is 1. The molecule has 0 saturated carbocycles. The Balaban J connectivity index is 2.34. The molecular weight excluding hydrogens is 338 g/mol. The minimum Gasteiger partial charge on any atom is -0.349 e. The second kappa shape index (κ2) is 8.80. The number of carbonyl (C=O) groups is 2. The van der Waals surface area contributed by atoms with Crippen molar-refractivity contribution in [3.05, 3.63) is 58.9 Å². The first-order valence-electron chi connectivity index (χ1n) is 9.41. The molecule has 2 amide bonds. The van der Waals surface area contributed by atoms with Gasteiger partial charge in [0.1, 0.15) is 5.69 Å². The Morgan fingerprint density at radius 1 is 0.889 bits per heavy atom. The van der Waals surface area contributed by atoms with Crippen LogP contribution in [0.3, 0.4) is 0 Å². The van der Waals surface area contributed by atoms with Gasteiger partial charge in [0.2, 0.25) is 0 Å². The number of aromatic nitrogens is 1. The molecule has 2 N–H and O–H groups in total. The van der Waals surface area contributed by atoms with Crippen LogP contribution in [0.2, 0.25) is 0 Å². The molecule has 2 rings (SSSR count). The first-order chi connectivity index (χ1) is 12.7. The van der Waals surface area contributed by atoms with Crippen LogP contribution in [0.15, 0.2) is 36.5 Å². The Morgan fingerprint density at radius 2 is 1.48 bits per heavy atom. The van der Waals surface area contributed by atoms with Crippen LogP contribution in [-0.4, -0.2) is 22.8 Å². The van der Waals surface area contributed by atoms with Crippen LogP contribution in [0.1, 0.15) is 85.4 Å². The summed E-state index contributed by atoms with van der Waals surface area (Å²) in [4.78, 5) is 29.1. The largest absolute Gasteiger partial charge is 0.349 e. The maximum Gasteiger partial charge on any atom is 0.270 e. The van der Waals surface area contributed by atoms with E-state index in [1.54, 1.807) is 6.07 Å². The van der Waals surface area contributed by atoms with E-state index in [9.17, 15) is 9.59 Å². The molecule has 2 aromatic rings. The van der Waals surface area contributed by atoms with Crippen LogP contribution in [0.4, 0.5) is 5.69 Å². The molecule has 5 nitrogen and oxygen atoms in total. The predicted molar refractivity (Wildman–Crippen MR) is 109 cm³/mol. The molecule has 5 heteroatoms. The molecule has 1 heterocycles. The third-order valence-corrected chi connectivity index (χ3v) is 4.29. The Hall–Kier alpha value is -2.69. The third-order valence-electron chi connectivity index (χ3n) is 4.29. The van der Waals surface area contributed by atoms with Crippen LogP contribution in [-0.2, 0) is 0 Å². The molecule has 144 valence electrons. The Kier molecular flexibility index (Phi) is 6.72. The SMILES string of the molecule is CC(C)NC(=O)c1cc(C(=O)Nc2c(C(C)C)cccc2C(C)C)ccn1. The maximum absolute atomic E-state index is 12.9. The van der Waals surface area contributed by atoms with E-state index in [2.05, 4.69) is 43.3 Å². The summed E-state index contributed by atoms with van der Waals surface area (Å²) in [5.41, 5.74) is 3.70. The van der Waals surface area contributed by atoms with Gasteiger partial charge in [-0.2, -0.15) is 0 Å². The minimum atomic E-state index is -0.287. The molecule has 1 aromatic carbocycles. The topological polar surface area (TPSA) is 71.1 Å². The highest BCUT2D eigenvalue weighted by atomic mass is 16.2. The molecule has 0 saturated heterocycles. The lowest BCUT2D eigenvalue weighted by molar-refractivity contribution is 0.0938. The molecular formula is C22H29N3O2. The molecule has 0 spiro atoms. The van der Waals surface area contributed by atoms with Crippen LogP contribution in [0, 0.1) is 0 Å². The number of rotatable bonds is 6. The number of hydrogen-bond donors (Lipinski definition) is 2. The molecule has 0 bridgehead atoms. The van der Waals surface area contributed by atoms with Gasteiger partial charge in [0.15, 0.2) is 0 Å². The van der Waals surface area contributed by atoms with E-state index < -0.39 is 0 Å². The van der Waals surface area contributed by atoms with Crippen molar-refractivity contribution in [2.75, 3.05) is 5.32 Å². The fourth-order valence-electron chi connectivity index (χ4n) is 2.91. The van der Waals surface area contributed by atoms with Crippen LogP contribution >= 0.6 is 0 Å². The van der Waals surface area contributed by atoms with Crippen molar-refractivity contribution in [1.82, 2.24) is 10.3 Å².